The Hall–Kier alpha value is -2.10. The van der Waals surface area contributed by atoms with Crippen molar-refractivity contribution >= 4 is 19.0 Å². The Morgan fingerprint density at radius 3 is 2.81 bits per heavy atom. The average Bonchev–Trinajstić information content (AvgIpc) is 2.62. The van der Waals surface area contributed by atoms with Crippen molar-refractivity contribution < 1.29 is 24.4 Å². The highest BCUT2D eigenvalue weighted by Crippen LogP contribution is 2.30. The molecule has 2 aliphatic rings. The van der Waals surface area contributed by atoms with Crippen LogP contribution in [-0.2, 0) is 11.2 Å². The monoisotopic (exact) mass is 361 g/mol. The van der Waals surface area contributed by atoms with Gasteiger partial charge in [0, 0.05) is 6.04 Å². The van der Waals surface area contributed by atoms with E-state index < -0.39 is 19.0 Å². The number of piperidine rings is 1. The number of carboxylic acids is 1. The van der Waals surface area contributed by atoms with E-state index in [-0.39, 0.29) is 23.8 Å². The molecule has 0 aromatic heterocycles. The number of carbonyl (C=O) groups is 2. The number of carbonyl (C=O) groups excluding carboxylic acids is 1. The summed E-state index contributed by atoms with van der Waals surface area (Å²) in [5.74, 6) is -1.73. The minimum atomic E-state index is -1.28. The topological polar surface area (TPSA) is 111 Å². The van der Waals surface area contributed by atoms with Crippen LogP contribution in [0.4, 0.5) is 0 Å². The highest BCUT2D eigenvalue weighted by atomic mass is 16.5. The molecule has 0 aliphatic carbocycles. The van der Waals surface area contributed by atoms with Crippen LogP contribution in [0.3, 0.4) is 0 Å². The van der Waals surface area contributed by atoms with Crippen LogP contribution >= 0.6 is 0 Å². The molecule has 0 unspecified atom stereocenters. The van der Waals surface area contributed by atoms with E-state index in [1.165, 1.54) is 6.07 Å². The maximum atomic E-state index is 12.4. The van der Waals surface area contributed by atoms with E-state index >= 15 is 0 Å². The summed E-state index contributed by atoms with van der Waals surface area (Å²) in [4.78, 5) is 25.7. The molecule has 9 heteroatoms. The highest BCUT2D eigenvalue weighted by Gasteiger charge is 2.37. The molecule has 8 nitrogen and oxygen atoms in total. The fourth-order valence-electron chi connectivity index (χ4n) is 3.57. The molecule has 0 saturated carbocycles. The molecular weight excluding hydrogens is 337 g/mol. The van der Waals surface area contributed by atoms with E-state index in [0.29, 0.717) is 18.0 Å². The minimum absolute atomic E-state index is 0.0111. The SMILES string of the molecule is CN(CC(=O)N[C@H]1Cc2cccc(C(=O)O)c2OB1O)C1CCNCC1. The molecule has 0 radical (unpaired) electrons. The van der Waals surface area contributed by atoms with Gasteiger partial charge in [-0.15, -0.1) is 0 Å². The van der Waals surface area contributed by atoms with E-state index in [1.807, 2.05) is 11.9 Å². The molecular formula is C17H24BN3O5. The molecule has 0 bridgehead atoms. The summed E-state index contributed by atoms with van der Waals surface area (Å²) in [6, 6.07) is 5.18. The van der Waals surface area contributed by atoms with Crippen molar-refractivity contribution in [2.75, 3.05) is 26.7 Å². The van der Waals surface area contributed by atoms with Gasteiger partial charge >= 0.3 is 13.1 Å². The number of para-hydroxylation sites is 1. The van der Waals surface area contributed by atoms with E-state index in [4.69, 9.17) is 4.65 Å². The molecule has 1 atom stereocenters. The Balaban J connectivity index is 1.61. The zero-order chi connectivity index (χ0) is 18.7. The summed E-state index contributed by atoms with van der Waals surface area (Å²) in [6.45, 7) is 2.15. The molecule has 140 valence electrons. The van der Waals surface area contributed by atoms with Gasteiger partial charge < -0.3 is 25.4 Å². The standard InChI is InChI=1S/C17H24BN3O5/c1-21(12-5-7-19-8-6-12)10-15(22)20-14-9-11-3-2-4-13(17(23)24)16(11)26-18(14)25/h2-4,12,14,19,25H,5-10H2,1H3,(H,20,22)(H,23,24)/t14-/m0/s1. The van der Waals surface area contributed by atoms with Crippen LogP contribution in [0, 0.1) is 0 Å². The second kappa shape index (κ2) is 8.07. The van der Waals surface area contributed by atoms with Gasteiger partial charge in [0.25, 0.3) is 0 Å². The van der Waals surface area contributed by atoms with Crippen molar-refractivity contribution in [1.82, 2.24) is 15.5 Å². The van der Waals surface area contributed by atoms with E-state index in [9.17, 15) is 19.7 Å². The maximum absolute atomic E-state index is 12.4. The first-order chi connectivity index (χ1) is 12.5. The molecule has 0 spiro atoms. The lowest BCUT2D eigenvalue weighted by Crippen LogP contribution is -2.55. The van der Waals surface area contributed by atoms with Crippen molar-refractivity contribution in [2.45, 2.75) is 31.2 Å². The molecule has 2 aliphatic heterocycles. The minimum Gasteiger partial charge on any atom is -0.534 e. The smallest absolute Gasteiger partial charge is 0.534 e. The van der Waals surface area contributed by atoms with Crippen molar-refractivity contribution in [2.24, 2.45) is 0 Å². The number of rotatable bonds is 5. The maximum Gasteiger partial charge on any atom is 0.547 e. The summed E-state index contributed by atoms with van der Waals surface area (Å²) >= 11 is 0. The van der Waals surface area contributed by atoms with Gasteiger partial charge in [-0.25, -0.2) is 4.79 Å². The number of benzene rings is 1. The predicted molar refractivity (Wildman–Crippen MR) is 96.2 cm³/mol. The molecule has 1 fully saturated rings. The highest BCUT2D eigenvalue weighted by molar-refractivity contribution is 6.47. The Morgan fingerprint density at radius 1 is 1.38 bits per heavy atom. The van der Waals surface area contributed by atoms with Crippen LogP contribution in [-0.4, -0.2) is 72.7 Å². The number of aromatic carboxylic acids is 1. The lowest BCUT2D eigenvalue weighted by molar-refractivity contribution is -0.123. The molecule has 1 saturated heterocycles. The average molecular weight is 361 g/mol. The summed E-state index contributed by atoms with van der Waals surface area (Å²) in [7, 11) is 0.647. The predicted octanol–water partition coefficient (Wildman–Crippen LogP) is -0.492. The Labute approximate surface area is 152 Å². The van der Waals surface area contributed by atoms with Crippen LogP contribution in [0.25, 0.3) is 0 Å². The number of fused-ring (bicyclic) bond motifs is 1. The van der Waals surface area contributed by atoms with Gasteiger partial charge in [-0.1, -0.05) is 12.1 Å². The number of carboxylic acid groups (broad SMARTS) is 1. The number of hydrogen-bond donors (Lipinski definition) is 4. The number of hydrogen-bond acceptors (Lipinski definition) is 6. The van der Waals surface area contributed by atoms with Crippen LogP contribution in [0.15, 0.2) is 18.2 Å². The lowest BCUT2D eigenvalue weighted by Gasteiger charge is -2.32. The molecule has 4 N–H and O–H groups in total. The first-order valence-electron chi connectivity index (χ1n) is 8.86. The van der Waals surface area contributed by atoms with Gasteiger partial charge in [-0.3, -0.25) is 9.69 Å². The first-order valence-corrected chi connectivity index (χ1v) is 8.86. The summed E-state index contributed by atoms with van der Waals surface area (Å²) in [6.07, 6.45) is 2.33. The summed E-state index contributed by atoms with van der Waals surface area (Å²) in [5, 5.41) is 25.5. The number of nitrogens with zero attached hydrogens (tertiary/aromatic N) is 1. The molecule has 1 aromatic rings. The van der Waals surface area contributed by atoms with Gasteiger partial charge in [0.05, 0.1) is 18.0 Å². The van der Waals surface area contributed by atoms with Crippen LogP contribution in [0.2, 0.25) is 0 Å². The third-order valence-electron chi connectivity index (χ3n) is 5.02. The van der Waals surface area contributed by atoms with Crippen molar-refractivity contribution in [3.63, 3.8) is 0 Å². The second-order valence-corrected chi connectivity index (χ2v) is 6.88. The van der Waals surface area contributed by atoms with Gasteiger partial charge in [0.15, 0.2) is 0 Å². The largest absolute Gasteiger partial charge is 0.547 e. The normalized spacial score (nSPS) is 20.4. The Bertz CT molecular complexity index is 680. The quantitative estimate of drug-likeness (QED) is 0.524. The Morgan fingerprint density at radius 2 is 2.12 bits per heavy atom. The molecule has 26 heavy (non-hydrogen) atoms. The van der Waals surface area contributed by atoms with Crippen molar-refractivity contribution in [3.05, 3.63) is 29.3 Å². The van der Waals surface area contributed by atoms with Gasteiger partial charge in [0.1, 0.15) is 5.75 Å². The molecule has 1 amide bonds. The van der Waals surface area contributed by atoms with E-state index in [1.54, 1.807) is 12.1 Å². The van der Waals surface area contributed by atoms with Crippen LogP contribution < -0.4 is 15.3 Å². The summed E-state index contributed by atoms with van der Waals surface area (Å²) < 4.78 is 5.40. The van der Waals surface area contributed by atoms with Crippen LogP contribution in [0.5, 0.6) is 5.75 Å². The molecule has 3 rings (SSSR count). The fourth-order valence-corrected chi connectivity index (χ4v) is 3.57. The third kappa shape index (κ3) is 4.17. The summed E-state index contributed by atoms with van der Waals surface area (Å²) in [5.41, 5.74) is 0.671. The van der Waals surface area contributed by atoms with Crippen molar-refractivity contribution in [1.29, 1.82) is 0 Å². The van der Waals surface area contributed by atoms with E-state index in [0.717, 1.165) is 25.9 Å². The fraction of sp³-hybridized carbons (Fsp3) is 0.529. The second-order valence-electron chi connectivity index (χ2n) is 6.88. The molecule has 1 aromatic carbocycles. The van der Waals surface area contributed by atoms with E-state index in [2.05, 4.69) is 10.6 Å². The third-order valence-corrected chi connectivity index (χ3v) is 5.02. The van der Waals surface area contributed by atoms with Gasteiger partial charge in [-0.2, -0.15) is 0 Å². The molecule has 2 heterocycles. The zero-order valence-corrected chi connectivity index (χ0v) is 14.8. The lowest BCUT2D eigenvalue weighted by atomic mass is 9.72. The zero-order valence-electron chi connectivity index (χ0n) is 14.8. The van der Waals surface area contributed by atoms with Gasteiger partial charge in [0.2, 0.25) is 5.91 Å². The van der Waals surface area contributed by atoms with Crippen LogP contribution in [0.1, 0.15) is 28.8 Å². The number of amides is 1. The van der Waals surface area contributed by atoms with Gasteiger partial charge in [-0.05, 0) is 51.0 Å². The number of likely N-dealkylation sites (N-methyl/N-ethyl adjacent to an activating group) is 1. The first kappa shape index (κ1) is 18.7. The van der Waals surface area contributed by atoms with Crippen molar-refractivity contribution in [3.8, 4) is 5.75 Å². The number of nitrogens with one attached hydrogen (secondary N) is 2. The Kier molecular flexibility index (Phi) is 5.80.